The lowest BCUT2D eigenvalue weighted by molar-refractivity contribution is 1.25. The van der Waals surface area contributed by atoms with Crippen molar-refractivity contribution in [3.8, 4) is 16.6 Å². The van der Waals surface area contributed by atoms with Gasteiger partial charge in [0.2, 0.25) is 0 Å². The third kappa shape index (κ3) is 1.90. The maximum Gasteiger partial charge on any atom is 0.128 e. The Morgan fingerprint density at radius 2 is 1.87 bits per heavy atom. The molecule has 3 heteroatoms. The highest BCUT2D eigenvalue weighted by Gasteiger charge is 2.07. The molecule has 2 aromatic rings. The van der Waals surface area contributed by atoms with Crippen molar-refractivity contribution in [1.29, 1.82) is 5.26 Å². The Morgan fingerprint density at radius 3 is 2.40 bits per heavy atom. The molecule has 0 bridgehead atoms. The van der Waals surface area contributed by atoms with Gasteiger partial charge in [-0.05, 0) is 13.8 Å². The number of benzene rings is 1. The minimum absolute atomic E-state index is 0.700. The predicted octanol–water partition coefficient (Wildman–Crippen LogP) is 3.30. The van der Waals surface area contributed by atoms with Gasteiger partial charge in [-0.15, -0.1) is 11.3 Å². The second-order valence-electron chi connectivity index (χ2n) is 3.41. The second-order valence-corrected chi connectivity index (χ2v) is 4.41. The molecule has 0 amide bonds. The van der Waals surface area contributed by atoms with Crippen LogP contribution in [0.2, 0.25) is 0 Å². The molecule has 2 rings (SSSR count). The molecule has 0 saturated heterocycles. The van der Waals surface area contributed by atoms with Crippen LogP contribution in [-0.4, -0.2) is 4.98 Å². The summed E-state index contributed by atoms with van der Waals surface area (Å²) in [5, 5.41) is 9.76. The van der Waals surface area contributed by atoms with Crippen molar-refractivity contribution in [2.75, 3.05) is 0 Å². The summed E-state index contributed by atoms with van der Waals surface area (Å²) in [6.45, 7) is 3.92. The summed E-state index contributed by atoms with van der Waals surface area (Å²) < 4.78 is 0. The molecule has 0 aliphatic heterocycles. The van der Waals surface area contributed by atoms with Crippen LogP contribution in [-0.2, 0) is 0 Å². The van der Waals surface area contributed by atoms with Crippen LogP contribution in [0, 0.1) is 25.2 Å². The molecule has 0 aliphatic rings. The Hall–Kier alpha value is -1.66. The standard InChI is InChI=1S/C12H10N2S/c1-8-3-5-10(6-4-8)12-14-9(2)11(7-13)15-12/h3-6H,1-2H3. The van der Waals surface area contributed by atoms with Gasteiger partial charge in [-0.1, -0.05) is 29.8 Å². The van der Waals surface area contributed by atoms with E-state index >= 15 is 0 Å². The van der Waals surface area contributed by atoms with E-state index in [0.29, 0.717) is 4.88 Å². The quantitative estimate of drug-likeness (QED) is 0.730. The SMILES string of the molecule is Cc1ccc(-c2nc(C)c(C#N)s2)cc1. The van der Waals surface area contributed by atoms with E-state index in [1.165, 1.54) is 16.9 Å². The van der Waals surface area contributed by atoms with E-state index in [9.17, 15) is 0 Å². The van der Waals surface area contributed by atoms with Crippen molar-refractivity contribution in [1.82, 2.24) is 4.98 Å². The molecule has 1 heterocycles. The molecule has 0 N–H and O–H groups in total. The van der Waals surface area contributed by atoms with Crippen molar-refractivity contribution in [3.05, 3.63) is 40.4 Å². The van der Waals surface area contributed by atoms with Crippen LogP contribution in [0.1, 0.15) is 16.1 Å². The number of nitriles is 1. The summed E-state index contributed by atoms with van der Waals surface area (Å²) in [5.74, 6) is 0. The van der Waals surface area contributed by atoms with Gasteiger partial charge in [-0.3, -0.25) is 0 Å². The topological polar surface area (TPSA) is 36.7 Å². The van der Waals surface area contributed by atoms with Crippen LogP contribution < -0.4 is 0 Å². The zero-order valence-corrected chi connectivity index (χ0v) is 9.43. The third-order valence-electron chi connectivity index (χ3n) is 2.20. The molecular weight excluding hydrogens is 204 g/mol. The lowest BCUT2D eigenvalue weighted by atomic mass is 10.2. The molecule has 0 atom stereocenters. The van der Waals surface area contributed by atoms with Gasteiger partial charge in [0.1, 0.15) is 16.0 Å². The fraction of sp³-hybridized carbons (Fsp3) is 0.167. The molecule has 0 unspecified atom stereocenters. The monoisotopic (exact) mass is 214 g/mol. The largest absolute Gasteiger partial charge is 0.240 e. The first-order valence-corrected chi connectivity index (χ1v) is 5.47. The first-order chi connectivity index (χ1) is 7.20. The second kappa shape index (κ2) is 3.84. The van der Waals surface area contributed by atoms with Gasteiger partial charge in [-0.2, -0.15) is 5.26 Å². The third-order valence-corrected chi connectivity index (χ3v) is 3.31. The zero-order chi connectivity index (χ0) is 10.8. The molecule has 1 aromatic carbocycles. The molecule has 0 spiro atoms. The van der Waals surface area contributed by atoms with E-state index in [2.05, 4.69) is 30.1 Å². The van der Waals surface area contributed by atoms with Crippen LogP contribution in [0.25, 0.3) is 10.6 Å². The van der Waals surface area contributed by atoms with Gasteiger partial charge >= 0.3 is 0 Å². The minimum Gasteiger partial charge on any atom is -0.240 e. The molecule has 74 valence electrons. The maximum atomic E-state index is 8.84. The summed E-state index contributed by atoms with van der Waals surface area (Å²) in [4.78, 5) is 5.08. The van der Waals surface area contributed by atoms with Gasteiger partial charge in [0, 0.05) is 5.56 Å². The predicted molar refractivity (Wildman–Crippen MR) is 61.7 cm³/mol. The van der Waals surface area contributed by atoms with Crippen LogP contribution in [0.4, 0.5) is 0 Å². The molecule has 0 fully saturated rings. The zero-order valence-electron chi connectivity index (χ0n) is 8.61. The van der Waals surface area contributed by atoms with Crippen LogP contribution >= 0.6 is 11.3 Å². The molecule has 1 aromatic heterocycles. The number of rotatable bonds is 1. The van der Waals surface area contributed by atoms with Crippen molar-refractivity contribution in [2.45, 2.75) is 13.8 Å². The fourth-order valence-electron chi connectivity index (χ4n) is 1.32. The van der Waals surface area contributed by atoms with Crippen molar-refractivity contribution in [3.63, 3.8) is 0 Å². The highest BCUT2D eigenvalue weighted by Crippen LogP contribution is 2.27. The number of thiazole rings is 1. The lowest BCUT2D eigenvalue weighted by Gasteiger charge is -1.95. The maximum absolute atomic E-state index is 8.84. The Kier molecular flexibility index (Phi) is 2.53. The van der Waals surface area contributed by atoms with E-state index in [-0.39, 0.29) is 0 Å². The highest BCUT2D eigenvalue weighted by atomic mass is 32.1. The Morgan fingerprint density at radius 1 is 1.20 bits per heavy atom. The molecule has 15 heavy (non-hydrogen) atoms. The fourth-order valence-corrected chi connectivity index (χ4v) is 2.19. The van der Waals surface area contributed by atoms with Crippen molar-refractivity contribution in [2.24, 2.45) is 0 Å². The Bertz CT molecular complexity index is 518. The molecule has 0 saturated carbocycles. The Balaban J connectivity index is 2.46. The first-order valence-electron chi connectivity index (χ1n) is 4.65. The molecule has 2 nitrogen and oxygen atoms in total. The highest BCUT2D eigenvalue weighted by molar-refractivity contribution is 7.15. The van der Waals surface area contributed by atoms with Crippen LogP contribution in [0.15, 0.2) is 24.3 Å². The van der Waals surface area contributed by atoms with Gasteiger partial charge in [-0.25, -0.2) is 4.98 Å². The van der Waals surface area contributed by atoms with Gasteiger partial charge in [0.15, 0.2) is 0 Å². The van der Waals surface area contributed by atoms with Gasteiger partial charge in [0.25, 0.3) is 0 Å². The smallest absolute Gasteiger partial charge is 0.128 e. The Labute approximate surface area is 92.8 Å². The number of nitrogens with zero attached hydrogens (tertiary/aromatic N) is 2. The summed E-state index contributed by atoms with van der Waals surface area (Å²) in [5.41, 5.74) is 3.13. The van der Waals surface area contributed by atoms with Gasteiger partial charge < -0.3 is 0 Å². The average molecular weight is 214 g/mol. The summed E-state index contributed by atoms with van der Waals surface area (Å²) in [7, 11) is 0. The van der Waals surface area contributed by atoms with E-state index in [1.807, 2.05) is 19.1 Å². The summed E-state index contributed by atoms with van der Waals surface area (Å²) >= 11 is 1.45. The lowest BCUT2D eigenvalue weighted by Crippen LogP contribution is -1.78. The minimum atomic E-state index is 0.700. The van der Waals surface area contributed by atoms with E-state index < -0.39 is 0 Å². The number of aromatic nitrogens is 1. The van der Waals surface area contributed by atoms with Crippen LogP contribution in [0.3, 0.4) is 0 Å². The van der Waals surface area contributed by atoms with Gasteiger partial charge in [0.05, 0.1) is 5.69 Å². The van der Waals surface area contributed by atoms with Crippen LogP contribution in [0.5, 0.6) is 0 Å². The average Bonchev–Trinajstić information content (AvgIpc) is 2.61. The summed E-state index contributed by atoms with van der Waals surface area (Å²) in [6.07, 6.45) is 0. The molecule has 0 radical (unpaired) electrons. The molecule has 0 aliphatic carbocycles. The normalized spacial score (nSPS) is 9.93. The van der Waals surface area contributed by atoms with E-state index in [0.717, 1.165) is 16.3 Å². The summed E-state index contributed by atoms with van der Waals surface area (Å²) in [6, 6.07) is 10.3. The van der Waals surface area contributed by atoms with E-state index in [4.69, 9.17) is 5.26 Å². The van der Waals surface area contributed by atoms with Crippen molar-refractivity contribution >= 4 is 11.3 Å². The van der Waals surface area contributed by atoms with E-state index in [1.54, 1.807) is 0 Å². The molecular formula is C12H10N2S. The number of aryl methyl sites for hydroxylation is 2. The number of hydrogen-bond donors (Lipinski definition) is 0. The first kappa shape index (κ1) is 9.88. The number of hydrogen-bond acceptors (Lipinski definition) is 3. The van der Waals surface area contributed by atoms with Crippen molar-refractivity contribution < 1.29 is 0 Å².